The van der Waals surface area contributed by atoms with E-state index in [1.165, 1.54) is 0 Å². The maximum absolute atomic E-state index is 12.7. The standard InChI is InChI=1S/C26H30N2O4/c1-5-15-31-23-7-6-8-24(17-23)32-22-12-9-20(10-13-22)28-26(29)25-14-11-21(27-19(25)3)16-18(2)30-4/h6-14,17-18H,5,15-16H2,1-4H3,(H,28,29). The normalized spacial score (nSPS) is 11.6. The van der Waals surface area contributed by atoms with Gasteiger partial charge in [0.05, 0.1) is 24.0 Å². The predicted octanol–water partition coefficient (Wildman–Crippen LogP) is 5.80. The lowest BCUT2D eigenvalue weighted by Gasteiger charge is -2.12. The number of nitrogens with zero attached hydrogens (tertiary/aromatic N) is 1. The number of anilines is 1. The number of benzene rings is 2. The van der Waals surface area contributed by atoms with E-state index in [0.29, 0.717) is 41.5 Å². The van der Waals surface area contributed by atoms with Gasteiger partial charge in [-0.15, -0.1) is 0 Å². The van der Waals surface area contributed by atoms with Crippen LogP contribution in [0.1, 0.15) is 42.0 Å². The lowest BCUT2D eigenvalue weighted by molar-refractivity contribution is 0.102. The molecule has 3 rings (SSSR count). The van der Waals surface area contributed by atoms with E-state index in [1.54, 1.807) is 13.2 Å². The van der Waals surface area contributed by atoms with Crippen molar-refractivity contribution in [3.8, 4) is 17.2 Å². The Morgan fingerprint density at radius 3 is 2.47 bits per heavy atom. The second kappa shape index (κ2) is 11.3. The lowest BCUT2D eigenvalue weighted by Crippen LogP contribution is -2.16. The van der Waals surface area contributed by atoms with E-state index in [1.807, 2.05) is 68.4 Å². The Kier molecular flexibility index (Phi) is 8.22. The summed E-state index contributed by atoms with van der Waals surface area (Å²) in [5.74, 6) is 1.95. The minimum atomic E-state index is -0.198. The van der Waals surface area contributed by atoms with Crippen molar-refractivity contribution in [1.29, 1.82) is 0 Å². The molecule has 168 valence electrons. The van der Waals surface area contributed by atoms with E-state index in [0.717, 1.165) is 17.9 Å². The highest BCUT2D eigenvalue weighted by Gasteiger charge is 2.12. The van der Waals surface area contributed by atoms with Gasteiger partial charge in [0, 0.05) is 31.0 Å². The van der Waals surface area contributed by atoms with Gasteiger partial charge in [-0.1, -0.05) is 13.0 Å². The summed E-state index contributed by atoms with van der Waals surface area (Å²) in [5, 5.41) is 2.91. The summed E-state index contributed by atoms with van der Waals surface area (Å²) in [6, 6.07) is 18.5. The first-order valence-electron chi connectivity index (χ1n) is 10.8. The molecule has 1 amide bonds. The van der Waals surface area contributed by atoms with Gasteiger partial charge in [-0.2, -0.15) is 0 Å². The van der Waals surface area contributed by atoms with Gasteiger partial charge in [0.2, 0.25) is 0 Å². The number of aromatic nitrogens is 1. The smallest absolute Gasteiger partial charge is 0.257 e. The molecule has 1 N–H and O–H groups in total. The minimum absolute atomic E-state index is 0.0775. The molecule has 3 aromatic rings. The van der Waals surface area contributed by atoms with E-state index in [9.17, 15) is 4.79 Å². The van der Waals surface area contributed by atoms with Crippen molar-refractivity contribution in [2.24, 2.45) is 0 Å². The molecule has 0 spiro atoms. The number of rotatable bonds is 10. The molecule has 0 aliphatic rings. The predicted molar refractivity (Wildman–Crippen MR) is 126 cm³/mol. The number of ether oxygens (including phenoxy) is 3. The van der Waals surface area contributed by atoms with Gasteiger partial charge < -0.3 is 19.5 Å². The molecular weight excluding hydrogens is 404 g/mol. The largest absolute Gasteiger partial charge is 0.493 e. The minimum Gasteiger partial charge on any atom is -0.493 e. The van der Waals surface area contributed by atoms with Crippen molar-refractivity contribution in [2.45, 2.75) is 39.7 Å². The summed E-state index contributed by atoms with van der Waals surface area (Å²) in [5.41, 5.74) is 2.81. The Bertz CT molecular complexity index is 1030. The molecule has 0 aliphatic heterocycles. The monoisotopic (exact) mass is 434 g/mol. The first-order chi connectivity index (χ1) is 15.5. The summed E-state index contributed by atoms with van der Waals surface area (Å²) in [4.78, 5) is 17.2. The summed E-state index contributed by atoms with van der Waals surface area (Å²) in [6.07, 6.45) is 1.73. The van der Waals surface area contributed by atoms with Crippen LogP contribution in [0.25, 0.3) is 0 Å². The Labute approximate surface area is 189 Å². The third-order valence-electron chi connectivity index (χ3n) is 4.91. The van der Waals surface area contributed by atoms with Crippen LogP contribution in [0.3, 0.4) is 0 Å². The van der Waals surface area contributed by atoms with E-state index in [4.69, 9.17) is 14.2 Å². The Morgan fingerprint density at radius 1 is 1.03 bits per heavy atom. The van der Waals surface area contributed by atoms with Crippen LogP contribution in [-0.4, -0.2) is 30.7 Å². The first-order valence-corrected chi connectivity index (χ1v) is 10.8. The van der Waals surface area contributed by atoms with Gasteiger partial charge in [-0.05, 0) is 68.8 Å². The van der Waals surface area contributed by atoms with E-state index >= 15 is 0 Å². The molecule has 0 fully saturated rings. The maximum atomic E-state index is 12.7. The van der Waals surface area contributed by atoms with E-state index < -0.39 is 0 Å². The molecular formula is C26H30N2O4. The Hall–Kier alpha value is -3.38. The van der Waals surface area contributed by atoms with Crippen LogP contribution in [0.5, 0.6) is 17.2 Å². The SMILES string of the molecule is CCCOc1cccc(Oc2ccc(NC(=O)c3ccc(CC(C)OC)nc3C)cc2)c1. The fourth-order valence-electron chi connectivity index (χ4n) is 3.13. The van der Waals surface area contributed by atoms with Gasteiger partial charge in [-0.3, -0.25) is 9.78 Å². The van der Waals surface area contributed by atoms with Crippen LogP contribution in [-0.2, 0) is 11.2 Å². The van der Waals surface area contributed by atoms with Crippen molar-refractivity contribution >= 4 is 11.6 Å². The number of carbonyl (C=O) groups is 1. The number of hydrogen-bond acceptors (Lipinski definition) is 5. The average Bonchev–Trinajstić information content (AvgIpc) is 2.79. The molecule has 6 heteroatoms. The second-order valence-electron chi connectivity index (χ2n) is 7.59. The van der Waals surface area contributed by atoms with Gasteiger partial charge in [0.1, 0.15) is 17.2 Å². The molecule has 0 saturated heterocycles. The van der Waals surface area contributed by atoms with Crippen LogP contribution < -0.4 is 14.8 Å². The number of methoxy groups -OCH3 is 1. The fourth-order valence-corrected chi connectivity index (χ4v) is 3.13. The number of amides is 1. The number of nitrogens with one attached hydrogen (secondary N) is 1. The summed E-state index contributed by atoms with van der Waals surface area (Å²) >= 11 is 0. The molecule has 0 aliphatic carbocycles. The topological polar surface area (TPSA) is 69.7 Å². The zero-order valence-corrected chi connectivity index (χ0v) is 19.1. The van der Waals surface area contributed by atoms with Crippen molar-refractivity contribution in [1.82, 2.24) is 4.98 Å². The summed E-state index contributed by atoms with van der Waals surface area (Å²) < 4.78 is 16.8. The summed E-state index contributed by atoms with van der Waals surface area (Å²) in [6.45, 7) is 6.56. The molecule has 6 nitrogen and oxygen atoms in total. The van der Waals surface area contributed by atoms with Gasteiger partial charge in [-0.25, -0.2) is 0 Å². The van der Waals surface area contributed by atoms with Gasteiger partial charge in [0.15, 0.2) is 0 Å². The van der Waals surface area contributed by atoms with Crippen LogP contribution in [0, 0.1) is 6.92 Å². The highest BCUT2D eigenvalue weighted by Crippen LogP contribution is 2.26. The Balaban J connectivity index is 1.61. The van der Waals surface area contributed by atoms with Crippen LogP contribution >= 0.6 is 0 Å². The zero-order chi connectivity index (χ0) is 22.9. The van der Waals surface area contributed by atoms with Crippen LogP contribution in [0.2, 0.25) is 0 Å². The number of aryl methyl sites for hydroxylation is 1. The molecule has 2 aromatic carbocycles. The first kappa shape index (κ1) is 23.3. The highest BCUT2D eigenvalue weighted by molar-refractivity contribution is 6.05. The summed E-state index contributed by atoms with van der Waals surface area (Å²) in [7, 11) is 1.68. The van der Waals surface area contributed by atoms with Crippen molar-refractivity contribution in [3.63, 3.8) is 0 Å². The molecule has 0 radical (unpaired) electrons. The second-order valence-corrected chi connectivity index (χ2v) is 7.59. The van der Waals surface area contributed by atoms with Crippen molar-refractivity contribution in [2.75, 3.05) is 19.0 Å². The maximum Gasteiger partial charge on any atom is 0.257 e. The zero-order valence-electron chi connectivity index (χ0n) is 19.1. The van der Waals surface area contributed by atoms with Crippen LogP contribution in [0.4, 0.5) is 5.69 Å². The third kappa shape index (κ3) is 6.56. The number of pyridine rings is 1. The molecule has 1 heterocycles. The number of carbonyl (C=O) groups excluding carboxylic acids is 1. The van der Waals surface area contributed by atoms with E-state index in [2.05, 4.69) is 17.2 Å². The number of hydrogen-bond donors (Lipinski definition) is 1. The van der Waals surface area contributed by atoms with E-state index in [-0.39, 0.29) is 12.0 Å². The van der Waals surface area contributed by atoms with Crippen LogP contribution in [0.15, 0.2) is 60.7 Å². The van der Waals surface area contributed by atoms with Gasteiger partial charge in [0.25, 0.3) is 5.91 Å². The lowest BCUT2D eigenvalue weighted by atomic mass is 10.1. The molecule has 1 atom stereocenters. The van der Waals surface area contributed by atoms with Crippen molar-refractivity contribution < 1.29 is 19.0 Å². The van der Waals surface area contributed by atoms with Gasteiger partial charge >= 0.3 is 0 Å². The molecule has 1 aromatic heterocycles. The average molecular weight is 435 g/mol. The quantitative estimate of drug-likeness (QED) is 0.437. The molecule has 1 unspecified atom stereocenters. The molecule has 0 bridgehead atoms. The van der Waals surface area contributed by atoms with Crippen molar-refractivity contribution in [3.05, 3.63) is 77.6 Å². The third-order valence-corrected chi connectivity index (χ3v) is 4.91. The fraction of sp³-hybridized carbons (Fsp3) is 0.308. The highest BCUT2D eigenvalue weighted by atomic mass is 16.5. The molecule has 32 heavy (non-hydrogen) atoms. The Morgan fingerprint density at radius 2 is 1.78 bits per heavy atom. The molecule has 0 saturated carbocycles.